The third-order valence-corrected chi connectivity index (χ3v) is 4.51. The van der Waals surface area contributed by atoms with Crippen LogP contribution in [-0.4, -0.2) is 28.5 Å². The number of fused-ring (bicyclic) bond motifs is 2. The van der Waals surface area contributed by atoms with Gasteiger partial charge >= 0.3 is 0 Å². The van der Waals surface area contributed by atoms with Gasteiger partial charge in [0.2, 0.25) is 12.7 Å². The first kappa shape index (κ1) is 17.2. The van der Waals surface area contributed by atoms with E-state index in [1.807, 2.05) is 19.9 Å². The number of ether oxygens (including phenoxy) is 2. The number of nitrogens with one attached hydrogen (secondary N) is 1. The Morgan fingerprint density at radius 1 is 1.22 bits per heavy atom. The third kappa shape index (κ3) is 3.67. The second-order valence-corrected chi connectivity index (χ2v) is 7.43. The fraction of sp³-hybridized carbons (Fsp3) is 0.300. The maximum absolute atomic E-state index is 12.2. The summed E-state index contributed by atoms with van der Waals surface area (Å²) < 4.78 is 10.6. The molecule has 7 nitrogen and oxygen atoms in total. The zero-order valence-corrected chi connectivity index (χ0v) is 15.1. The van der Waals surface area contributed by atoms with Crippen molar-refractivity contribution in [1.29, 1.82) is 0 Å². The van der Waals surface area contributed by atoms with Crippen molar-refractivity contribution < 1.29 is 19.1 Å². The highest BCUT2D eigenvalue weighted by Gasteiger charge is 2.32. The van der Waals surface area contributed by atoms with Crippen molar-refractivity contribution in [2.24, 2.45) is 5.41 Å². The van der Waals surface area contributed by atoms with Crippen molar-refractivity contribution in [3.8, 4) is 11.5 Å². The number of amides is 1. The maximum atomic E-state index is 12.2. The molecule has 0 fully saturated rings. The zero-order chi connectivity index (χ0) is 19.0. The molecular weight excluding hydrogens is 346 g/mol. The smallest absolute Gasteiger partial charge is 0.250 e. The van der Waals surface area contributed by atoms with Crippen LogP contribution in [0.5, 0.6) is 11.5 Å². The second-order valence-electron chi connectivity index (χ2n) is 7.43. The van der Waals surface area contributed by atoms with Gasteiger partial charge < -0.3 is 9.47 Å². The molecule has 7 heteroatoms. The van der Waals surface area contributed by atoms with Crippen LogP contribution in [0.15, 0.2) is 30.5 Å². The van der Waals surface area contributed by atoms with Gasteiger partial charge in [-0.15, -0.1) is 0 Å². The highest BCUT2D eigenvalue weighted by Crippen LogP contribution is 2.34. The molecule has 2 aliphatic rings. The fourth-order valence-electron chi connectivity index (χ4n) is 3.23. The van der Waals surface area contributed by atoms with E-state index in [-0.39, 0.29) is 29.8 Å². The molecule has 0 bridgehead atoms. The van der Waals surface area contributed by atoms with Crippen LogP contribution in [0.1, 0.15) is 41.9 Å². The molecule has 0 unspecified atom stereocenters. The second kappa shape index (κ2) is 6.50. The van der Waals surface area contributed by atoms with E-state index in [0.29, 0.717) is 35.6 Å². The predicted molar refractivity (Wildman–Crippen MR) is 98.7 cm³/mol. The molecule has 1 amide bonds. The fourth-order valence-corrected chi connectivity index (χ4v) is 3.23. The van der Waals surface area contributed by atoms with Crippen molar-refractivity contribution in [2.45, 2.75) is 26.7 Å². The molecule has 27 heavy (non-hydrogen) atoms. The van der Waals surface area contributed by atoms with Gasteiger partial charge in [-0.3, -0.25) is 14.9 Å². The number of Topliss-reactive ketones (excluding diaryl/α,β-unsaturated/α-hetero) is 1. The van der Waals surface area contributed by atoms with E-state index in [1.54, 1.807) is 18.2 Å². The molecule has 1 N–H and O–H groups in total. The molecule has 1 aromatic carbocycles. The Labute approximate surface area is 156 Å². The molecule has 0 saturated carbocycles. The summed E-state index contributed by atoms with van der Waals surface area (Å²) in [6, 6.07) is 5.43. The van der Waals surface area contributed by atoms with E-state index in [0.717, 1.165) is 5.56 Å². The summed E-state index contributed by atoms with van der Waals surface area (Å²) in [5, 5.41) is 2.64. The molecule has 1 aromatic heterocycles. The number of rotatable bonds is 3. The summed E-state index contributed by atoms with van der Waals surface area (Å²) in [6.45, 7) is 4.27. The van der Waals surface area contributed by atoms with Gasteiger partial charge in [0.1, 0.15) is 0 Å². The van der Waals surface area contributed by atoms with E-state index >= 15 is 0 Å². The van der Waals surface area contributed by atoms with Crippen LogP contribution >= 0.6 is 0 Å². The van der Waals surface area contributed by atoms with Crippen LogP contribution in [0.2, 0.25) is 0 Å². The molecule has 2 heterocycles. The van der Waals surface area contributed by atoms with Crippen LogP contribution in [0, 0.1) is 5.41 Å². The van der Waals surface area contributed by atoms with Gasteiger partial charge in [0.25, 0.3) is 5.91 Å². The van der Waals surface area contributed by atoms with Gasteiger partial charge in [-0.05, 0) is 35.6 Å². The average Bonchev–Trinajstić information content (AvgIpc) is 3.06. The molecule has 1 aliphatic heterocycles. The number of carbonyl (C=O) groups is 2. The van der Waals surface area contributed by atoms with Crippen LogP contribution in [0.4, 0.5) is 5.95 Å². The molecule has 138 valence electrons. The van der Waals surface area contributed by atoms with Gasteiger partial charge in [-0.2, -0.15) is 0 Å². The summed E-state index contributed by atoms with van der Waals surface area (Å²) in [7, 11) is 0. The Hall–Kier alpha value is -3.22. The van der Waals surface area contributed by atoms with Gasteiger partial charge in [-0.25, -0.2) is 9.97 Å². The molecular formula is C20H19N3O4. The lowest BCUT2D eigenvalue weighted by Gasteiger charge is -2.29. The van der Waals surface area contributed by atoms with Crippen molar-refractivity contribution >= 4 is 23.7 Å². The maximum Gasteiger partial charge on any atom is 0.250 e. The van der Waals surface area contributed by atoms with Crippen molar-refractivity contribution in [1.82, 2.24) is 9.97 Å². The Balaban J connectivity index is 1.46. The first-order chi connectivity index (χ1) is 12.9. The van der Waals surface area contributed by atoms with E-state index < -0.39 is 0 Å². The van der Waals surface area contributed by atoms with Crippen LogP contribution in [0.3, 0.4) is 0 Å². The van der Waals surface area contributed by atoms with Gasteiger partial charge in [0, 0.05) is 18.7 Å². The summed E-state index contributed by atoms with van der Waals surface area (Å²) in [6.07, 6.45) is 5.72. The number of benzene rings is 1. The molecule has 0 spiro atoms. The lowest BCUT2D eigenvalue weighted by atomic mass is 9.76. The van der Waals surface area contributed by atoms with E-state index in [2.05, 4.69) is 15.3 Å². The van der Waals surface area contributed by atoms with Crippen LogP contribution < -0.4 is 14.8 Å². The lowest BCUT2D eigenvalue weighted by Crippen LogP contribution is -2.28. The normalized spacial score (nSPS) is 17.0. The number of anilines is 1. The highest BCUT2D eigenvalue weighted by molar-refractivity contribution is 6.01. The quantitative estimate of drug-likeness (QED) is 0.841. The molecule has 0 atom stereocenters. The summed E-state index contributed by atoms with van der Waals surface area (Å²) >= 11 is 0. The number of nitrogens with zero attached hydrogens (tertiary/aromatic N) is 2. The number of ketones is 1. The standard InChI is InChI=1S/C20H19N3O4/c1-20(2)8-14-13(15(24)9-20)10-21-19(22-14)23-18(25)6-4-12-3-5-16-17(7-12)27-11-26-16/h3-7,10H,8-9,11H2,1-2H3,(H,21,22,23,25)/b6-4+. The first-order valence-corrected chi connectivity index (χ1v) is 8.67. The minimum Gasteiger partial charge on any atom is -0.454 e. The number of aromatic nitrogens is 2. The Kier molecular flexibility index (Phi) is 4.14. The Bertz CT molecular complexity index is 966. The molecule has 1 aliphatic carbocycles. The van der Waals surface area contributed by atoms with Crippen molar-refractivity contribution in [3.05, 3.63) is 47.3 Å². The molecule has 0 saturated heterocycles. The summed E-state index contributed by atoms with van der Waals surface area (Å²) in [5.41, 5.74) is 1.90. The van der Waals surface area contributed by atoms with Gasteiger partial charge in [0.05, 0.1) is 11.3 Å². The lowest BCUT2D eigenvalue weighted by molar-refractivity contribution is -0.111. The van der Waals surface area contributed by atoms with Crippen molar-refractivity contribution in [2.75, 3.05) is 12.1 Å². The van der Waals surface area contributed by atoms with Crippen molar-refractivity contribution in [3.63, 3.8) is 0 Å². The Morgan fingerprint density at radius 3 is 2.89 bits per heavy atom. The van der Waals surface area contributed by atoms with E-state index in [9.17, 15) is 9.59 Å². The molecule has 0 radical (unpaired) electrons. The van der Waals surface area contributed by atoms with E-state index in [4.69, 9.17) is 9.47 Å². The average molecular weight is 365 g/mol. The van der Waals surface area contributed by atoms with Gasteiger partial charge in [-0.1, -0.05) is 19.9 Å². The molecule has 4 rings (SSSR count). The SMILES string of the molecule is CC1(C)CC(=O)c2cnc(NC(=O)/C=C/c3ccc4c(c3)OCO4)nc2C1. The minimum absolute atomic E-state index is 0.0434. The van der Waals surface area contributed by atoms with E-state index in [1.165, 1.54) is 12.3 Å². The predicted octanol–water partition coefficient (Wildman–Crippen LogP) is 3.01. The summed E-state index contributed by atoms with van der Waals surface area (Å²) in [4.78, 5) is 32.8. The van der Waals surface area contributed by atoms with Crippen LogP contribution in [0.25, 0.3) is 6.08 Å². The first-order valence-electron chi connectivity index (χ1n) is 8.67. The number of hydrogen-bond acceptors (Lipinski definition) is 6. The zero-order valence-electron chi connectivity index (χ0n) is 15.1. The third-order valence-electron chi connectivity index (χ3n) is 4.51. The largest absolute Gasteiger partial charge is 0.454 e. The summed E-state index contributed by atoms with van der Waals surface area (Å²) in [5.74, 6) is 1.23. The number of carbonyl (C=O) groups excluding carboxylic acids is 2. The molecule has 2 aromatic rings. The van der Waals surface area contributed by atoms with Gasteiger partial charge in [0.15, 0.2) is 17.3 Å². The number of hydrogen-bond donors (Lipinski definition) is 1. The Morgan fingerprint density at radius 2 is 2.04 bits per heavy atom. The highest BCUT2D eigenvalue weighted by atomic mass is 16.7. The van der Waals surface area contributed by atoms with Crippen LogP contribution in [-0.2, 0) is 11.2 Å². The monoisotopic (exact) mass is 365 g/mol. The minimum atomic E-state index is -0.353. The topological polar surface area (TPSA) is 90.4 Å².